The maximum atomic E-state index is 14.0. The van der Waals surface area contributed by atoms with E-state index in [0.29, 0.717) is 6.54 Å². The summed E-state index contributed by atoms with van der Waals surface area (Å²) in [7, 11) is 1.25. The predicted molar refractivity (Wildman–Crippen MR) is 118 cm³/mol. The van der Waals surface area contributed by atoms with E-state index in [1.165, 1.54) is 13.2 Å². The third-order valence-corrected chi connectivity index (χ3v) is 4.67. The number of nitrogens with zero attached hydrogens (tertiary/aromatic N) is 1. The Morgan fingerprint density at radius 1 is 0.967 bits per heavy atom. The maximum absolute atomic E-state index is 14.0. The second-order valence-corrected chi connectivity index (χ2v) is 6.89. The summed E-state index contributed by atoms with van der Waals surface area (Å²) in [6.45, 7) is 3.51. The Balaban J connectivity index is 1.77. The molecule has 0 saturated heterocycles. The average molecular weight is 401 g/mol. The largest absolute Gasteiger partial charge is 0.465 e. The van der Waals surface area contributed by atoms with Gasteiger partial charge in [-0.15, -0.1) is 0 Å². The lowest BCUT2D eigenvalue weighted by atomic mass is 10.1. The van der Waals surface area contributed by atoms with Crippen LogP contribution in [0.25, 0.3) is 0 Å². The molecule has 0 aromatic heterocycles. The van der Waals surface area contributed by atoms with Crippen molar-refractivity contribution >= 4 is 11.7 Å². The van der Waals surface area contributed by atoms with Gasteiger partial charge in [-0.2, -0.15) is 0 Å². The second-order valence-electron chi connectivity index (χ2n) is 6.89. The quantitative estimate of drug-likeness (QED) is 0.408. The van der Waals surface area contributed by atoms with Gasteiger partial charge in [0.1, 0.15) is 5.82 Å². The molecule has 0 radical (unpaired) electrons. The first-order valence-electron chi connectivity index (χ1n) is 9.89. The second kappa shape index (κ2) is 10.3. The highest BCUT2D eigenvalue weighted by Gasteiger charge is 2.15. The van der Waals surface area contributed by atoms with Crippen LogP contribution >= 0.6 is 0 Å². The lowest BCUT2D eigenvalue weighted by molar-refractivity contribution is 0.0595. The molecule has 0 heterocycles. The summed E-state index contributed by atoms with van der Waals surface area (Å²) in [5.74, 6) is 5.08. The zero-order valence-corrected chi connectivity index (χ0v) is 17.2. The highest BCUT2D eigenvalue weighted by molar-refractivity contribution is 5.90. The highest BCUT2D eigenvalue weighted by Crippen LogP contribution is 2.22. The third-order valence-electron chi connectivity index (χ3n) is 4.67. The molecule has 0 aliphatic heterocycles. The molecule has 0 saturated carbocycles. The molecule has 0 amide bonds. The summed E-state index contributed by atoms with van der Waals surface area (Å²) >= 11 is 0. The van der Waals surface area contributed by atoms with Crippen LogP contribution in [-0.4, -0.2) is 19.6 Å². The molecular weight excluding hydrogens is 377 g/mol. The Morgan fingerprint density at radius 2 is 1.63 bits per heavy atom. The summed E-state index contributed by atoms with van der Waals surface area (Å²) in [5, 5.41) is 0. The molecule has 3 rings (SSSR count). The van der Waals surface area contributed by atoms with Crippen LogP contribution in [0.15, 0.2) is 72.8 Å². The minimum absolute atomic E-state index is 0.0531. The molecule has 3 aromatic carbocycles. The number of esters is 1. The van der Waals surface area contributed by atoms with E-state index in [1.807, 2.05) is 54.6 Å². The molecule has 3 aromatic rings. The molecule has 30 heavy (non-hydrogen) atoms. The van der Waals surface area contributed by atoms with Crippen molar-refractivity contribution in [3.05, 3.63) is 101 Å². The first-order chi connectivity index (χ1) is 14.6. The van der Waals surface area contributed by atoms with Crippen LogP contribution in [0.4, 0.5) is 10.1 Å². The zero-order chi connectivity index (χ0) is 21.3. The number of rotatable bonds is 6. The molecule has 0 fully saturated rings. The van der Waals surface area contributed by atoms with E-state index in [-0.39, 0.29) is 5.56 Å². The van der Waals surface area contributed by atoms with Crippen LogP contribution in [0, 0.1) is 17.7 Å². The Labute approximate surface area is 177 Å². The first kappa shape index (κ1) is 21.1. The topological polar surface area (TPSA) is 29.5 Å². The third kappa shape index (κ3) is 5.48. The van der Waals surface area contributed by atoms with Crippen molar-refractivity contribution in [1.29, 1.82) is 0 Å². The van der Waals surface area contributed by atoms with Crippen molar-refractivity contribution in [2.75, 3.05) is 18.6 Å². The van der Waals surface area contributed by atoms with Crippen LogP contribution in [0.1, 0.15) is 40.4 Å². The fourth-order valence-electron chi connectivity index (χ4n) is 3.13. The Morgan fingerprint density at radius 3 is 2.27 bits per heavy atom. The number of halogens is 1. The number of benzene rings is 3. The smallest absolute Gasteiger partial charge is 0.340 e. The Bertz CT molecular complexity index is 1050. The van der Waals surface area contributed by atoms with Crippen LogP contribution in [0.5, 0.6) is 0 Å². The summed E-state index contributed by atoms with van der Waals surface area (Å²) in [6, 6.07) is 22.5. The fourth-order valence-corrected chi connectivity index (χ4v) is 3.13. The molecular formula is C26H24FNO2. The number of ether oxygens (including phenoxy) is 1. The SMILES string of the molecule is CCCN(Cc1ccc(C#Cc2ccccc2)cc1)c1ccc(F)c(C(=O)OC)c1. The van der Waals surface area contributed by atoms with E-state index < -0.39 is 11.8 Å². The number of carbonyl (C=O) groups excluding carboxylic acids is 1. The molecule has 0 spiro atoms. The molecule has 0 bridgehead atoms. The fraction of sp³-hybridized carbons (Fsp3) is 0.192. The number of hydrogen-bond donors (Lipinski definition) is 0. The van der Waals surface area contributed by atoms with Crippen molar-refractivity contribution in [2.45, 2.75) is 19.9 Å². The molecule has 0 N–H and O–H groups in total. The zero-order valence-electron chi connectivity index (χ0n) is 17.2. The lowest BCUT2D eigenvalue weighted by Gasteiger charge is -2.25. The van der Waals surface area contributed by atoms with Gasteiger partial charge in [0.05, 0.1) is 12.7 Å². The van der Waals surface area contributed by atoms with Gasteiger partial charge in [0, 0.05) is 29.9 Å². The summed E-state index contributed by atoms with van der Waals surface area (Å²) < 4.78 is 18.7. The van der Waals surface area contributed by atoms with Crippen LogP contribution in [-0.2, 0) is 11.3 Å². The summed E-state index contributed by atoms with van der Waals surface area (Å²) in [4.78, 5) is 14.0. The van der Waals surface area contributed by atoms with Gasteiger partial charge in [-0.25, -0.2) is 9.18 Å². The molecule has 0 atom stereocenters. The van der Waals surface area contributed by atoms with Gasteiger partial charge < -0.3 is 9.64 Å². The Hall–Kier alpha value is -3.58. The van der Waals surface area contributed by atoms with Gasteiger partial charge in [0.25, 0.3) is 0 Å². The molecule has 0 unspecified atom stereocenters. The summed E-state index contributed by atoms with van der Waals surface area (Å²) in [6.07, 6.45) is 0.922. The highest BCUT2D eigenvalue weighted by atomic mass is 19.1. The van der Waals surface area contributed by atoms with Crippen molar-refractivity contribution in [3.8, 4) is 11.8 Å². The van der Waals surface area contributed by atoms with E-state index in [9.17, 15) is 9.18 Å². The number of anilines is 1. The van der Waals surface area contributed by atoms with Crippen LogP contribution in [0.3, 0.4) is 0 Å². The standard InChI is InChI=1S/C26H24FNO2/c1-3-17-28(23-15-16-25(27)24(18-23)26(29)30-2)19-22-13-11-21(12-14-22)10-9-20-7-5-4-6-8-20/h4-8,11-16,18H,3,17,19H2,1-2H3. The minimum atomic E-state index is -0.674. The number of hydrogen-bond acceptors (Lipinski definition) is 3. The van der Waals surface area contributed by atoms with Crippen molar-refractivity contribution in [2.24, 2.45) is 0 Å². The Kier molecular flexibility index (Phi) is 7.24. The lowest BCUT2D eigenvalue weighted by Crippen LogP contribution is -2.24. The normalized spacial score (nSPS) is 10.1. The van der Waals surface area contributed by atoms with Crippen molar-refractivity contribution in [1.82, 2.24) is 0 Å². The van der Waals surface area contributed by atoms with E-state index in [0.717, 1.165) is 35.3 Å². The van der Waals surface area contributed by atoms with E-state index in [2.05, 4.69) is 28.4 Å². The molecule has 3 nitrogen and oxygen atoms in total. The van der Waals surface area contributed by atoms with Gasteiger partial charge in [0.2, 0.25) is 0 Å². The van der Waals surface area contributed by atoms with E-state index in [4.69, 9.17) is 0 Å². The van der Waals surface area contributed by atoms with Gasteiger partial charge in [-0.3, -0.25) is 0 Å². The van der Waals surface area contributed by atoms with Gasteiger partial charge in [-0.1, -0.05) is 49.1 Å². The monoisotopic (exact) mass is 401 g/mol. The van der Waals surface area contributed by atoms with E-state index in [1.54, 1.807) is 12.1 Å². The molecule has 0 aliphatic carbocycles. The number of carbonyl (C=O) groups is 1. The van der Waals surface area contributed by atoms with Gasteiger partial charge in [-0.05, 0) is 54.4 Å². The maximum Gasteiger partial charge on any atom is 0.340 e. The number of methoxy groups -OCH3 is 1. The molecule has 4 heteroatoms. The first-order valence-corrected chi connectivity index (χ1v) is 9.89. The van der Waals surface area contributed by atoms with Crippen LogP contribution in [0.2, 0.25) is 0 Å². The van der Waals surface area contributed by atoms with Gasteiger partial charge >= 0.3 is 5.97 Å². The van der Waals surface area contributed by atoms with E-state index >= 15 is 0 Å². The average Bonchev–Trinajstić information content (AvgIpc) is 2.79. The minimum Gasteiger partial charge on any atom is -0.465 e. The van der Waals surface area contributed by atoms with Crippen LogP contribution < -0.4 is 4.90 Å². The predicted octanol–water partition coefficient (Wildman–Crippen LogP) is 5.43. The van der Waals surface area contributed by atoms with Gasteiger partial charge in [0.15, 0.2) is 0 Å². The van der Waals surface area contributed by atoms with Crippen molar-refractivity contribution < 1.29 is 13.9 Å². The molecule has 0 aliphatic rings. The molecule has 152 valence electrons. The summed E-state index contributed by atoms with van der Waals surface area (Å²) in [5.41, 5.74) is 3.76. The van der Waals surface area contributed by atoms with Crippen molar-refractivity contribution in [3.63, 3.8) is 0 Å².